The Hall–Kier alpha value is -1.41. The average molecular weight is 490 g/mol. The molecule has 0 bridgehead atoms. The number of terminal acetylenes is 1. The van der Waals surface area contributed by atoms with Crippen molar-refractivity contribution in [3.8, 4) is 12.3 Å². The molecule has 0 aromatic carbocycles. The summed E-state index contributed by atoms with van der Waals surface area (Å²) < 4.78 is 0. The normalized spacial score (nSPS) is 31.8. The van der Waals surface area contributed by atoms with Crippen molar-refractivity contribution >= 4 is 6.03 Å². The van der Waals surface area contributed by atoms with Gasteiger partial charge in [0.25, 0.3) is 0 Å². The first kappa shape index (κ1) is 26.6. The number of carbonyl (C=O) groups excluding carboxylic acids is 1. The van der Waals surface area contributed by atoms with Gasteiger partial charge in [-0.1, -0.05) is 6.92 Å². The van der Waals surface area contributed by atoms with Crippen LogP contribution in [0.1, 0.15) is 74.1 Å². The fraction of sp³-hybridized carbons (Fsp3) is 0.885. The maximum absolute atomic E-state index is 13.6. The van der Waals surface area contributed by atoms with Gasteiger partial charge in [-0.15, -0.1) is 12.3 Å². The van der Waals surface area contributed by atoms with Crippen LogP contribution in [0.15, 0.2) is 0 Å². The van der Waals surface area contributed by atoms with Crippen molar-refractivity contribution in [3.05, 3.63) is 0 Å². The van der Waals surface area contributed by atoms with Crippen LogP contribution in [0, 0.1) is 17.8 Å². The summed E-state index contributed by atoms with van der Waals surface area (Å²) in [5.74, 6) is 2.91. The molecule has 4 aliphatic rings. The predicted molar refractivity (Wildman–Crippen MR) is 137 cm³/mol. The second-order valence-electron chi connectivity index (χ2n) is 13.0. The molecule has 4 heterocycles. The summed E-state index contributed by atoms with van der Waals surface area (Å²) in [6.07, 6.45) is 8.99. The molecule has 9 heteroatoms. The van der Waals surface area contributed by atoms with Gasteiger partial charge in [0.15, 0.2) is 0 Å². The Balaban J connectivity index is 1.48. The van der Waals surface area contributed by atoms with Crippen LogP contribution in [0.3, 0.4) is 0 Å². The van der Waals surface area contributed by atoms with E-state index in [1.54, 1.807) is 0 Å². The molecular weight excluding hydrogens is 442 g/mol. The van der Waals surface area contributed by atoms with E-state index >= 15 is 0 Å². The summed E-state index contributed by atoms with van der Waals surface area (Å²) in [5.41, 5.74) is -0.110. The maximum atomic E-state index is 13.6. The molecule has 0 aliphatic carbocycles. The van der Waals surface area contributed by atoms with Crippen LogP contribution in [0.25, 0.3) is 0 Å². The third-order valence-electron chi connectivity index (χ3n) is 9.16. The quantitative estimate of drug-likeness (QED) is 0.576. The monoisotopic (exact) mass is 489 g/mol. The maximum Gasteiger partial charge on any atom is 0.324 e. The number of hydrogen-bond donors (Lipinski definition) is 2. The standard InChI is InChI=1S/C26H47N7O2/c1-10-19(12-24(3,4)11-2)29-15-27-21-22-32(23(34)31(21)16-29)17-30(18-33(22)35)20-13-25(5,6)28(9)26(7,8)14-20/h2,19-22,27,35H,10,12-18H2,1,3-9H3. The Morgan fingerprint density at radius 1 is 1.14 bits per heavy atom. The predicted octanol–water partition coefficient (Wildman–Crippen LogP) is 2.60. The molecule has 4 aliphatic heterocycles. The minimum Gasteiger partial charge on any atom is -0.311 e. The molecule has 198 valence electrons. The highest BCUT2D eigenvalue weighted by molar-refractivity contribution is 5.78. The first-order valence-electron chi connectivity index (χ1n) is 13.2. The Kier molecular flexibility index (Phi) is 6.97. The van der Waals surface area contributed by atoms with E-state index in [-0.39, 0.29) is 46.9 Å². The van der Waals surface area contributed by atoms with E-state index in [0.717, 1.165) is 25.7 Å². The lowest BCUT2D eigenvalue weighted by Gasteiger charge is -2.57. The molecule has 0 spiro atoms. The summed E-state index contributed by atoms with van der Waals surface area (Å²) >= 11 is 0. The second kappa shape index (κ2) is 9.16. The number of piperidine rings is 1. The molecule has 3 unspecified atom stereocenters. The molecule has 0 radical (unpaired) electrons. The van der Waals surface area contributed by atoms with Crippen molar-refractivity contribution in [2.24, 2.45) is 5.41 Å². The van der Waals surface area contributed by atoms with E-state index in [9.17, 15) is 10.0 Å². The number of nitrogens with one attached hydrogen (secondary N) is 1. The number of urea groups is 1. The van der Waals surface area contributed by atoms with Crippen LogP contribution >= 0.6 is 0 Å². The average Bonchev–Trinajstić information content (AvgIpc) is 3.07. The summed E-state index contributed by atoms with van der Waals surface area (Å²) in [6.45, 7) is 17.7. The number of carbonyl (C=O) groups is 1. The Morgan fingerprint density at radius 3 is 2.34 bits per heavy atom. The zero-order valence-corrected chi connectivity index (χ0v) is 23.1. The molecule has 2 amide bonds. The van der Waals surface area contributed by atoms with Crippen LogP contribution in [-0.4, -0.2) is 110 Å². The highest BCUT2D eigenvalue weighted by Gasteiger charge is 2.55. The molecule has 4 saturated heterocycles. The lowest BCUT2D eigenvalue weighted by atomic mass is 9.77. The number of nitrogens with zero attached hydrogens (tertiary/aromatic N) is 6. The fourth-order valence-corrected chi connectivity index (χ4v) is 6.76. The molecule has 2 N–H and O–H groups in total. The van der Waals surface area contributed by atoms with Crippen LogP contribution < -0.4 is 5.32 Å². The SMILES string of the molecule is C#CC(C)(C)CC(CC)N1CNC2C3N(O)CN(C4CC(C)(C)N(C)C(C)(C)C4)CN3C(=O)N2C1. The van der Waals surface area contributed by atoms with Crippen LogP contribution in [-0.2, 0) is 0 Å². The van der Waals surface area contributed by atoms with Crippen molar-refractivity contribution in [1.82, 2.24) is 34.9 Å². The summed E-state index contributed by atoms with van der Waals surface area (Å²) in [4.78, 5) is 24.4. The van der Waals surface area contributed by atoms with Gasteiger partial charge >= 0.3 is 6.03 Å². The molecule has 35 heavy (non-hydrogen) atoms. The molecule has 0 saturated carbocycles. The number of hydrogen-bond acceptors (Lipinski definition) is 7. The Bertz CT molecular complexity index is 835. The summed E-state index contributed by atoms with van der Waals surface area (Å²) in [7, 11) is 2.20. The van der Waals surface area contributed by atoms with Gasteiger partial charge in [0.2, 0.25) is 0 Å². The number of hydroxylamine groups is 2. The first-order chi connectivity index (χ1) is 16.2. The third-order valence-corrected chi connectivity index (χ3v) is 9.16. The number of fused-ring (bicyclic) bond motifs is 3. The van der Waals surface area contributed by atoms with Crippen molar-refractivity contribution in [2.45, 2.75) is 110 Å². The third kappa shape index (κ3) is 4.81. The lowest BCUT2D eigenvalue weighted by Crippen LogP contribution is -2.69. The topological polar surface area (TPSA) is 68.8 Å². The van der Waals surface area contributed by atoms with E-state index in [2.05, 4.69) is 81.5 Å². The smallest absolute Gasteiger partial charge is 0.311 e. The van der Waals surface area contributed by atoms with Crippen molar-refractivity contribution in [2.75, 3.05) is 33.7 Å². The van der Waals surface area contributed by atoms with Gasteiger partial charge in [-0.3, -0.25) is 29.8 Å². The summed E-state index contributed by atoms with van der Waals surface area (Å²) in [5, 5.41) is 16.1. The minimum absolute atomic E-state index is 0.0153. The van der Waals surface area contributed by atoms with Gasteiger partial charge in [0.1, 0.15) is 12.3 Å². The highest BCUT2D eigenvalue weighted by atomic mass is 16.5. The molecular formula is C26H47N7O2. The van der Waals surface area contributed by atoms with Gasteiger partial charge in [-0.2, -0.15) is 5.06 Å². The molecule has 0 aromatic rings. The minimum atomic E-state index is -0.379. The van der Waals surface area contributed by atoms with Gasteiger partial charge < -0.3 is 5.21 Å². The zero-order valence-electron chi connectivity index (χ0n) is 23.1. The van der Waals surface area contributed by atoms with Crippen molar-refractivity contribution < 1.29 is 10.0 Å². The molecule has 0 aromatic heterocycles. The van der Waals surface area contributed by atoms with Gasteiger partial charge in [0.05, 0.1) is 26.7 Å². The molecule has 4 rings (SSSR count). The number of likely N-dealkylation sites (tertiary alicyclic amines) is 1. The van der Waals surface area contributed by atoms with Gasteiger partial charge in [0, 0.05) is 28.6 Å². The van der Waals surface area contributed by atoms with Crippen molar-refractivity contribution in [3.63, 3.8) is 0 Å². The fourth-order valence-electron chi connectivity index (χ4n) is 6.76. The van der Waals surface area contributed by atoms with E-state index in [1.165, 1.54) is 5.06 Å². The summed E-state index contributed by atoms with van der Waals surface area (Å²) in [6, 6.07) is 0.556. The molecule has 3 atom stereocenters. The van der Waals surface area contributed by atoms with Crippen LogP contribution in [0.4, 0.5) is 4.79 Å². The number of rotatable bonds is 5. The second-order valence-corrected chi connectivity index (χ2v) is 13.0. The lowest BCUT2D eigenvalue weighted by molar-refractivity contribution is -0.239. The van der Waals surface area contributed by atoms with E-state index < -0.39 is 0 Å². The first-order valence-corrected chi connectivity index (χ1v) is 13.2. The highest BCUT2D eigenvalue weighted by Crippen LogP contribution is 2.40. The van der Waals surface area contributed by atoms with Crippen LogP contribution in [0.2, 0.25) is 0 Å². The van der Waals surface area contributed by atoms with Gasteiger partial charge in [-0.25, -0.2) is 4.79 Å². The van der Waals surface area contributed by atoms with Gasteiger partial charge in [-0.05, 0) is 74.3 Å². The zero-order chi connectivity index (χ0) is 25.9. The van der Waals surface area contributed by atoms with E-state index in [0.29, 0.717) is 26.7 Å². The Morgan fingerprint density at radius 2 is 1.77 bits per heavy atom. The Labute approximate surface area is 212 Å². The van der Waals surface area contributed by atoms with E-state index in [1.807, 2.05) is 9.80 Å². The van der Waals surface area contributed by atoms with E-state index in [4.69, 9.17) is 6.42 Å². The largest absolute Gasteiger partial charge is 0.324 e. The van der Waals surface area contributed by atoms with Crippen LogP contribution in [0.5, 0.6) is 0 Å². The molecule has 9 nitrogen and oxygen atoms in total. The van der Waals surface area contributed by atoms with Crippen molar-refractivity contribution in [1.29, 1.82) is 0 Å². The number of amides is 2. The molecule has 4 fully saturated rings.